The molecule has 0 fully saturated rings. The van der Waals surface area contributed by atoms with Crippen LogP contribution >= 0.6 is 22.6 Å². The van der Waals surface area contributed by atoms with Crippen molar-refractivity contribution in [2.45, 2.75) is 0 Å². The van der Waals surface area contributed by atoms with E-state index in [0.29, 0.717) is 14.8 Å². The number of nitrogens with one attached hydrogen (secondary N) is 1. The van der Waals surface area contributed by atoms with E-state index in [1.165, 1.54) is 6.07 Å². The summed E-state index contributed by atoms with van der Waals surface area (Å²) >= 11 is 1.90. The molecule has 2 aromatic rings. The summed E-state index contributed by atoms with van der Waals surface area (Å²) in [5.74, 6) is -1.71. The van der Waals surface area contributed by atoms with Gasteiger partial charge in [-0.15, -0.1) is 0 Å². The van der Waals surface area contributed by atoms with E-state index >= 15 is 0 Å². The van der Waals surface area contributed by atoms with Crippen molar-refractivity contribution in [3.63, 3.8) is 0 Å². The fourth-order valence-corrected chi connectivity index (χ4v) is 2.19. The topological polar surface area (TPSA) is 122 Å². The molecular formula is C10H7IN4O3. The normalized spacial score (nSPS) is 10.3. The summed E-state index contributed by atoms with van der Waals surface area (Å²) in [5, 5.41) is 18.7. The highest BCUT2D eigenvalue weighted by molar-refractivity contribution is 14.1. The second-order valence-corrected chi connectivity index (χ2v) is 4.55. The number of aromatic nitrogens is 3. The number of nitrogens with zero attached hydrogens (tertiary/aromatic N) is 2. The van der Waals surface area contributed by atoms with Crippen molar-refractivity contribution < 1.29 is 14.7 Å². The van der Waals surface area contributed by atoms with Gasteiger partial charge in [0.05, 0.1) is 5.56 Å². The Bertz CT molecular complexity index is 638. The first-order valence-corrected chi connectivity index (χ1v) is 5.82. The van der Waals surface area contributed by atoms with Crippen molar-refractivity contribution in [2.24, 2.45) is 5.73 Å². The van der Waals surface area contributed by atoms with Crippen LogP contribution in [-0.2, 0) is 0 Å². The van der Waals surface area contributed by atoms with Gasteiger partial charge in [-0.2, -0.15) is 15.4 Å². The van der Waals surface area contributed by atoms with E-state index in [4.69, 9.17) is 10.8 Å². The predicted molar refractivity (Wildman–Crippen MR) is 70.0 cm³/mol. The fraction of sp³-hybridized carbons (Fsp3) is 0. The lowest BCUT2D eigenvalue weighted by atomic mass is 10.1. The number of hydrogen-bond acceptors (Lipinski definition) is 4. The minimum absolute atomic E-state index is 0.0221. The molecule has 0 aliphatic heterocycles. The van der Waals surface area contributed by atoms with Crippen LogP contribution in [0.1, 0.15) is 20.8 Å². The SMILES string of the molecule is NC(=O)c1n[nH]nc1-c1ccc(C(=O)O)c(I)c1. The van der Waals surface area contributed by atoms with Crippen LogP contribution in [0, 0.1) is 3.57 Å². The molecule has 0 radical (unpaired) electrons. The van der Waals surface area contributed by atoms with Crippen LogP contribution in [0.2, 0.25) is 0 Å². The van der Waals surface area contributed by atoms with Crippen LogP contribution in [0.5, 0.6) is 0 Å². The van der Waals surface area contributed by atoms with Crippen molar-refractivity contribution in [1.29, 1.82) is 0 Å². The van der Waals surface area contributed by atoms with E-state index in [2.05, 4.69) is 15.4 Å². The highest BCUT2D eigenvalue weighted by Crippen LogP contribution is 2.23. The van der Waals surface area contributed by atoms with Crippen molar-refractivity contribution >= 4 is 34.5 Å². The summed E-state index contributed by atoms with van der Waals surface area (Å²) in [6.07, 6.45) is 0. The van der Waals surface area contributed by atoms with Gasteiger partial charge in [-0.25, -0.2) is 4.79 Å². The lowest BCUT2D eigenvalue weighted by Crippen LogP contribution is -2.12. The summed E-state index contributed by atoms with van der Waals surface area (Å²) in [6.45, 7) is 0. The standard InChI is InChI=1S/C10H7IN4O3/c11-6-3-4(1-2-5(6)10(17)18)7-8(9(12)16)14-15-13-7/h1-3H,(H2,12,16)(H,17,18)(H,13,14,15). The number of halogens is 1. The first-order valence-electron chi connectivity index (χ1n) is 4.74. The molecule has 8 heteroatoms. The van der Waals surface area contributed by atoms with Gasteiger partial charge < -0.3 is 10.8 Å². The minimum Gasteiger partial charge on any atom is -0.478 e. The molecule has 0 aliphatic carbocycles. The number of aromatic amines is 1. The zero-order valence-corrected chi connectivity index (χ0v) is 11.0. The monoisotopic (exact) mass is 358 g/mol. The number of primary amides is 1. The highest BCUT2D eigenvalue weighted by Gasteiger charge is 2.17. The summed E-state index contributed by atoms with van der Waals surface area (Å²) < 4.78 is 0.538. The number of aromatic carboxylic acids is 1. The molecule has 1 heterocycles. The Morgan fingerprint density at radius 2 is 2.06 bits per heavy atom. The fourth-order valence-electron chi connectivity index (χ4n) is 1.44. The van der Waals surface area contributed by atoms with E-state index in [-0.39, 0.29) is 11.3 Å². The Balaban J connectivity index is 2.52. The predicted octanol–water partition coefficient (Wildman–Crippen LogP) is 0.873. The molecule has 1 amide bonds. The number of H-pyrrole nitrogens is 1. The maximum atomic E-state index is 11.1. The number of carboxylic acid groups (broad SMARTS) is 1. The lowest BCUT2D eigenvalue weighted by Gasteiger charge is -2.02. The first-order chi connectivity index (χ1) is 8.50. The minimum atomic E-state index is -1.01. The van der Waals surface area contributed by atoms with Crippen LogP contribution in [0.3, 0.4) is 0 Å². The van der Waals surface area contributed by atoms with Crippen LogP contribution in [0.25, 0.3) is 11.3 Å². The van der Waals surface area contributed by atoms with E-state index in [1.807, 2.05) is 22.6 Å². The Kier molecular flexibility index (Phi) is 3.28. The second-order valence-electron chi connectivity index (χ2n) is 3.38. The van der Waals surface area contributed by atoms with Gasteiger partial charge in [0.25, 0.3) is 5.91 Å². The molecule has 0 bridgehead atoms. The number of carbonyl (C=O) groups is 2. The van der Waals surface area contributed by atoms with Crippen LogP contribution in [-0.4, -0.2) is 32.4 Å². The molecule has 4 N–H and O–H groups in total. The summed E-state index contributed by atoms with van der Waals surface area (Å²) in [6, 6.07) is 4.60. The van der Waals surface area contributed by atoms with Crippen LogP contribution in [0.4, 0.5) is 0 Å². The average Bonchev–Trinajstić information content (AvgIpc) is 2.77. The summed E-state index contributed by atoms with van der Waals surface area (Å²) in [4.78, 5) is 22.0. The highest BCUT2D eigenvalue weighted by atomic mass is 127. The molecule has 0 atom stereocenters. The molecule has 0 aliphatic rings. The van der Waals surface area contributed by atoms with Gasteiger partial charge in [0.2, 0.25) is 0 Å². The average molecular weight is 358 g/mol. The molecule has 0 unspecified atom stereocenters. The largest absolute Gasteiger partial charge is 0.478 e. The lowest BCUT2D eigenvalue weighted by molar-refractivity contribution is 0.0695. The first kappa shape index (κ1) is 12.5. The number of carboxylic acids is 1. The van der Waals surface area contributed by atoms with E-state index in [1.54, 1.807) is 12.1 Å². The van der Waals surface area contributed by atoms with Gasteiger partial charge in [0.1, 0.15) is 5.69 Å². The van der Waals surface area contributed by atoms with E-state index in [0.717, 1.165) is 0 Å². The van der Waals surface area contributed by atoms with Gasteiger partial charge in [-0.1, -0.05) is 6.07 Å². The van der Waals surface area contributed by atoms with Crippen LogP contribution in [0.15, 0.2) is 18.2 Å². The van der Waals surface area contributed by atoms with Crippen molar-refractivity contribution in [3.8, 4) is 11.3 Å². The molecular weight excluding hydrogens is 351 g/mol. The molecule has 92 valence electrons. The van der Waals surface area contributed by atoms with Gasteiger partial charge in [-0.05, 0) is 34.7 Å². The zero-order valence-electron chi connectivity index (χ0n) is 8.85. The van der Waals surface area contributed by atoms with Crippen LogP contribution < -0.4 is 5.73 Å². The number of carbonyl (C=O) groups excluding carboxylic acids is 1. The van der Waals surface area contributed by atoms with Gasteiger partial charge in [-0.3, -0.25) is 4.79 Å². The molecule has 0 saturated carbocycles. The van der Waals surface area contributed by atoms with Gasteiger partial charge in [0, 0.05) is 9.13 Å². The molecule has 7 nitrogen and oxygen atoms in total. The number of benzene rings is 1. The number of hydrogen-bond donors (Lipinski definition) is 3. The Labute approximate surface area is 115 Å². The van der Waals surface area contributed by atoms with Crippen molar-refractivity contribution in [2.75, 3.05) is 0 Å². The maximum Gasteiger partial charge on any atom is 0.336 e. The molecule has 2 rings (SSSR count). The second kappa shape index (κ2) is 4.72. The van der Waals surface area contributed by atoms with Gasteiger partial charge in [0.15, 0.2) is 5.69 Å². The number of amides is 1. The number of rotatable bonds is 3. The maximum absolute atomic E-state index is 11.1. The molecule has 18 heavy (non-hydrogen) atoms. The molecule has 1 aromatic carbocycles. The van der Waals surface area contributed by atoms with Gasteiger partial charge >= 0.3 is 5.97 Å². The third kappa shape index (κ3) is 2.18. The van der Waals surface area contributed by atoms with Crippen molar-refractivity contribution in [1.82, 2.24) is 15.4 Å². The quantitative estimate of drug-likeness (QED) is 0.703. The third-order valence-electron chi connectivity index (χ3n) is 2.25. The molecule has 0 saturated heterocycles. The summed E-state index contributed by atoms with van der Waals surface area (Å²) in [7, 11) is 0. The zero-order chi connectivity index (χ0) is 13.3. The smallest absolute Gasteiger partial charge is 0.336 e. The molecule has 1 aromatic heterocycles. The molecule has 0 spiro atoms. The Morgan fingerprint density at radius 3 is 2.61 bits per heavy atom. The van der Waals surface area contributed by atoms with E-state index in [9.17, 15) is 9.59 Å². The van der Waals surface area contributed by atoms with E-state index < -0.39 is 11.9 Å². The van der Waals surface area contributed by atoms with Crippen molar-refractivity contribution in [3.05, 3.63) is 33.0 Å². The Morgan fingerprint density at radius 1 is 1.33 bits per heavy atom. The summed E-state index contributed by atoms with van der Waals surface area (Å²) in [5.41, 5.74) is 6.24. The Hall–Kier alpha value is -1.97. The third-order valence-corrected chi connectivity index (χ3v) is 3.15. The number of nitrogens with two attached hydrogens (primary N) is 1.